The van der Waals surface area contributed by atoms with E-state index in [1.165, 1.54) is 23.6 Å². The van der Waals surface area contributed by atoms with Crippen LogP contribution in [0.25, 0.3) is 11.3 Å². The van der Waals surface area contributed by atoms with Gasteiger partial charge in [-0.15, -0.1) is 0 Å². The first-order valence-corrected chi connectivity index (χ1v) is 15.7. The highest BCUT2D eigenvalue weighted by Crippen LogP contribution is 2.34. The van der Waals surface area contributed by atoms with E-state index in [1.54, 1.807) is 51.1 Å². The molecule has 36 heavy (non-hydrogen) atoms. The van der Waals surface area contributed by atoms with Crippen molar-refractivity contribution in [2.45, 2.75) is 81.7 Å². The molecule has 8 nitrogen and oxygen atoms in total. The summed E-state index contributed by atoms with van der Waals surface area (Å²) in [5.74, 6) is 0.498. The van der Waals surface area contributed by atoms with E-state index < -0.39 is 25.6 Å². The Balaban J connectivity index is 1.73. The maximum absolute atomic E-state index is 13.6. The van der Waals surface area contributed by atoms with Crippen molar-refractivity contribution in [3.63, 3.8) is 0 Å². The van der Waals surface area contributed by atoms with Gasteiger partial charge in [-0.2, -0.15) is 4.31 Å². The maximum atomic E-state index is 13.6. The topological polar surface area (TPSA) is 97.7 Å². The molecule has 0 radical (unpaired) electrons. The maximum Gasteiger partial charge on any atom is 0.245 e. The number of hydrogen-bond donors (Lipinski definition) is 1. The van der Waals surface area contributed by atoms with Crippen LogP contribution in [0.2, 0.25) is 0 Å². The molecule has 2 fully saturated rings. The van der Waals surface area contributed by atoms with E-state index >= 15 is 0 Å². The number of morpholine rings is 1. The number of sulfonamides is 2. The lowest BCUT2D eigenvalue weighted by Crippen LogP contribution is -2.40. The lowest BCUT2D eigenvalue weighted by Gasteiger charge is -2.26. The second kappa shape index (κ2) is 10.6. The first kappa shape index (κ1) is 27.3. The SMILES string of the molecule is Cc1c(S(=O)(=O)N2CCOCC2)cc(-c2ccc(S(=O)(=O)NC(C)(C)C)cc2)n1CC1CCCCC1. The van der Waals surface area contributed by atoms with Crippen LogP contribution >= 0.6 is 0 Å². The van der Waals surface area contributed by atoms with Crippen LogP contribution in [0.1, 0.15) is 58.6 Å². The average molecular weight is 538 g/mol. The molecule has 10 heteroatoms. The molecule has 2 aromatic rings. The normalized spacial score (nSPS) is 19.0. The fourth-order valence-corrected chi connectivity index (χ4v) is 8.25. The van der Waals surface area contributed by atoms with Crippen molar-refractivity contribution in [2.75, 3.05) is 26.3 Å². The third kappa shape index (κ3) is 6.05. The minimum absolute atomic E-state index is 0.185. The highest BCUT2D eigenvalue weighted by molar-refractivity contribution is 7.89. The zero-order valence-corrected chi connectivity index (χ0v) is 23.4. The van der Waals surface area contributed by atoms with Crippen molar-refractivity contribution in [2.24, 2.45) is 5.92 Å². The van der Waals surface area contributed by atoms with Gasteiger partial charge in [-0.3, -0.25) is 0 Å². The fourth-order valence-electron chi connectivity index (χ4n) is 5.18. The van der Waals surface area contributed by atoms with Crippen LogP contribution in [0.15, 0.2) is 40.1 Å². The molecule has 1 N–H and O–H groups in total. The van der Waals surface area contributed by atoms with Gasteiger partial charge in [0.2, 0.25) is 20.0 Å². The molecule has 1 aromatic carbocycles. The van der Waals surface area contributed by atoms with Crippen molar-refractivity contribution in [1.29, 1.82) is 0 Å². The van der Waals surface area contributed by atoms with Crippen LogP contribution in [0.5, 0.6) is 0 Å². The van der Waals surface area contributed by atoms with E-state index in [0.29, 0.717) is 37.1 Å². The van der Waals surface area contributed by atoms with Gasteiger partial charge in [0.1, 0.15) is 4.90 Å². The highest BCUT2D eigenvalue weighted by Gasteiger charge is 2.31. The summed E-state index contributed by atoms with van der Waals surface area (Å²) in [7, 11) is -7.33. The van der Waals surface area contributed by atoms with E-state index in [4.69, 9.17) is 4.74 Å². The zero-order chi connectivity index (χ0) is 26.1. The standard InChI is InChI=1S/C26H39N3O5S2/c1-20-25(36(32,33)28-14-16-34-17-15-28)18-24(29(20)19-21-8-6-5-7-9-21)22-10-12-23(13-11-22)35(30,31)27-26(2,3)4/h10-13,18,21,27H,5-9,14-17,19H2,1-4H3. The van der Waals surface area contributed by atoms with Crippen LogP contribution < -0.4 is 4.72 Å². The van der Waals surface area contributed by atoms with Gasteiger partial charge in [0.25, 0.3) is 0 Å². The Morgan fingerprint density at radius 2 is 1.58 bits per heavy atom. The third-order valence-electron chi connectivity index (χ3n) is 6.97. The number of rotatable bonds is 7. The summed E-state index contributed by atoms with van der Waals surface area (Å²) in [5.41, 5.74) is 1.74. The molecule has 1 aromatic heterocycles. The van der Waals surface area contributed by atoms with Gasteiger partial charge in [0.15, 0.2) is 0 Å². The van der Waals surface area contributed by atoms with Crippen molar-refractivity contribution >= 4 is 20.0 Å². The molecule has 2 heterocycles. The molecule has 1 aliphatic carbocycles. The van der Waals surface area contributed by atoms with E-state index in [1.807, 2.05) is 6.92 Å². The molecule has 0 amide bonds. The number of hydrogen-bond acceptors (Lipinski definition) is 5. The number of ether oxygens (including phenoxy) is 1. The number of nitrogens with zero attached hydrogens (tertiary/aromatic N) is 2. The van der Waals surface area contributed by atoms with E-state index in [-0.39, 0.29) is 4.90 Å². The average Bonchev–Trinajstić information content (AvgIpc) is 3.15. The Morgan fingerprint density at radius 3 is 2.17 bits per heavy atom. The van der Waals surface area contributed by atoms with Gasteiger partial charge in [-0.05, 0) is 70.2 Å². The van der Waals surface area contributed by atoms with Crippen molar-refractivity contribution in [1.82, 2.24) is 13.6 Å². The second-order valence-electron chi connectivity index (χ2n) is 11.0. The number of aromatic nitrogens is 1. The predicted molar refractivity (Wildman–Crippen MR) is 141 cm³/mol. The van der Waals surface area contributed by atoms with Crippen LogP contribution in [0.4, 0.5) is 0 Å². The second-order valence-corrected chi connectivity index (χ2v) is 14.6. The quantitative estimate of drug-likeness (QED) is 0.573. The van der Waals surface area contributed by atoms with Crippen LogP contribution in [0.3, 0.4) is 0 Å². The van der Waals surface area contributed by atoms with Crippen LogP contribution in [-0.4, -0.2) is 57.6 Å². The molecule has 200 valence electrons. The minimum Gasteiger partial charge on any atom is -0.379 e. The number of nitrogens with one attached hydrogen (secondary N) is 1. The summed E-state index contributed by atoms with van der Waals surface area (Å²) in [6.45, 7) is 9.52. The van der Waals surface area contributed by atoms with Gasteiger partial charge in [-0.25, -0.2) is 21.6 Å². The van der Waals surface area contributed by atoms with Gasteiger partial charge in [0, 0.05) is 36.6 Å². The molecule has 0 spiro atoms. The molecule has 0 atom stereocenters. The van der Waals surface area contributed by atoms with E-state index in [2.05, 4.69) is 9.29 Å². The summed E-state index contributed by atoms with van der Waals surface area (Å²) in [6, 6.07) is 8.49. The molecular formula is C26H39N3O5S2. The fraction of sp³-hybridized carbons (Fsp3) is 0.615. The third-order valence-corrected chi connectivity index (χ3v) is 10.8. The largest absolute Gasteiger partial charge is 0.379 e. The van der Waals surface area contributed by atoms with Crippen molar-refractivity contribution in [3.05, 3.63) is 36.0 Å². The first-order valence-electron chi connectivity index (χ1n) is 12.8. The van der Waals surface area contributed by atoms with Crippen LogP contribution in [-0.2, 0) is 31.3 Å². The van der Waals surface area contributed by atoms with Crippen molar-refractivity contribution in [3.8, 4) is 11.3 Å². The molecule has 1 aliphatic heterocycles. The number of benzene rings is 1. The molecule has 0 unspecified atom stereocenters. The monoisotopic (exact) mass is 537 g/mol. The Morgan fingerprint density at radius 1 is 0.972 bits per heavy atom. The van der Waals surface area contributed by atoms with Gasteiger partial charge in [-0.1, -0.05) is 31.4 Å². The molecule has 1 saturated heterocycles. The van der Waals surface area contributed by atoms with Crippen LogP contribution in [0, 0.1) is 12.8 Å². The predicted octanol–water partition coefficient (Wildman–Crippen LogP) is 4.14. The molecular weight excluding hydrogens is 498 g/mol. The van der Waals surface area contributed by atoms with Gasteiger partial charge < -0.3 is 9.30 Å². The van der Waals surface area contributed by atoms with E-state index in [9.17, 15) is 16.8 Å². The summed E-state index contributed by atoms with van der Waals surface area (Å²) in [6.07, 6.45) is 5.93. The molecule has 0 bridgehead atoms. The lowest BCUT2D eigenvalue weighted by molar-refractivity contribution is 0.0730. The van der Waals surface area contributed by atoms with E-state index in [0.717, 1.165) is 36.3 Å². The Kier molecular flexibility index (Phi) is 8.02. The highest BCUT2D eigenvalue weighted by atomic mass is 32.2. The Bertz CT molecular complexity index is 1260. The van der Waals surface area contributed by atoms with Gasteiger partial charge >= 0.3 is 0 Å². The summed E-state index contributed by atoms with van der Waals surface area (Å²) < 4.78 is 64.4. The lowest BCUT2D eigenvalue weighted by atomic mass is 9.89. The molecule has 2 aliphatic rings. The Labute approximate surface area is 216 Å². The Hall–Kier alpha value is -1.72. The van der Waals surface area contributed by atoms with Gasteiger partial charge in [0.05, 0.1) is 18.1 Å². The summed E-state index contributed by atoms with van der Waals surface area (Å²) in [5, 5.41) is 0. The summed E-state index contributed by atoms with van der Waals surface area (Å²) >= 11 is 0. The zero-order valence-electron chi connectivity index (χ0n) is 21.8. The minimum atomic E-state index is -3.67. The first-order chi connectivity index (χ1) is 16.9. The van der Waals surface area contributed by atoms with Crippen molar-refractivity contribution < 1.29 is 21.6 Å². The summed E-state index contributed by atoms with van der Waals surface area (Å²) in [4.78, 5) is 0.505. The molecule has 4 rings (SSSR count). The molecule has 1 saturated carbocycles. The smallest absolute Gasteiger partial charge is 0.245 e.